The van der Waals surface area contributed by atoms with Crippen LogP contribution in [-0.2, 0) is 11.2 Å². The van der Waals surface area contributed by atoms with Crippen molar-refractivity contribution in [3.05, 3.63) is 44.3 Å². The molecule has 3 heterocycles. The van der Waals surface area contributed by atoms with Crippen LogP contribution in [0.1, 0.15) is 35.2 Å². The van der Waals surface area contributed by atoms with Gasteiger partial charge in [-0.1, -0.05) is 19.9 Å². The average Bonchev–Trinajstić information content (AvgIpc) is 3.15. The predicted octanol–water partition coefficient (Wildman–Crippen LogP) is 3.53. The quantitative estimate of drug-likeness (QED) is 0.907. The van der Waals surface area contributed by atoms with Gasteiger partial charge in [-0.05, 0) is 40.8 Å². The van der Waals surface area contributed by atoms with Crippen molar-refractivity contribution < 1.29 is 4.79 Å². The van der Waals surface area contributed by atoms with E-state index in [1.54, 1.807) is 11.3 Å². The van der Waals surface area contributed by atoms with Gasteiger partial charge in [0, 0.05) is 22.8 Å². The Labute approximate surface area is 140 Å². The van der Waals surface area contributed by atoms with Crippen molar-refractivity contribution in [3.63, 3.8) is 0 Å². The van der Waals surface area contributed by atoms with E-state index >= 15 is 0 Å². The number of fused-ring (bicyclic) bond motifs is 1. The molecule has 5 heteroatoms. The molecule has 1 aliphatic rings. The van der Waals surface area contributed by atoms with Gasteiger partial charge in [0.25, 0.3) is 0 Å². The van der Waals surface area contributed by atoms with Crippen molar-refractivity contribution in [2.45, 2.75) is 26.3 Å². The Morgan fingerprint density at radius 3 is 2.95 bits per heavy atom. The zero-order valence-corrected chi connectivity index (χ0v) is 14.7. The SMILES string of the molecule is CC(C)CNC(=O)CN1CCc2sccc2[C@H]1c1cccs1. The number of hydrogen-bond donors (Lipinski definition) is 1. The summed E-state index contributed by atoms with van der Waals surface area (Å²) in [5, 5.41) is 7.33. The molecule has 0 unspecified atom stereocenters. The van der Waals surface area contributed by atoms with Crippen LogP contribution in [-0.4, -0.2) is 30.4 Å². The normalized spacial score (nSPS) is 18.4. The van der Waals surface area contributed by atoms with Crippen LogP contribution in [0.2, 0.25) is 0 Å². The van der Waals surface area contributed by atoms with Gasteiger partial charge in [-0.25, -0.2) is 0 Å². The van der Waals surface area contributed by atoms with E-state index in [0.29, 0.717) is 12.5 Å². The summed E-state index contributed by atoms with van der Waals surface area (Å²) >= 11 is 3.62. The van der Waals surface area contributed by atoms with Crippen LogP contribution in [0.4, 0.5) is 0 Å². The van der Waals surface area contributed by atoms with Crippen LogP contribution < -0.4 is 5.32 Å². The third-order valence-corrected chi connectivity index (χ3v) is 5.85. The molecule has 0 saturated carbocycles. The molecule has 0 aliphatic carbocycles. The summed E-state index contributed by atoms with van der Waals surface area (Å²) in [7, 11) is 0. The lowest BCUT2D eigenvalue weighted by Gasteiger charge is -2.34. The lowest BCUT2D eigenvalue weighted by molar-refractivity contribution is -0.122. The zero-order valence-electron chi connectivity index (χ0n) is 13.0. The maximum Gasteiger partial charge on any atom is 0.234 e. The Balaban J connectivity index is 1.77. The fraction of sp³-hybridized carbons (Fsp3) is 0.471. The fourth-order valence-electron chi connectivity index (χ4n) is 2.88. The molecule has 118 valence electrons. The van der Waals surface area contributed by atoms with Gasteiger partial charge in [-0.3, -0.25) is 9.69 Å². The molecular formula is C17H22N2OS2. The minimum absolute atomic E-state index is 0.133. The summed E-state index contributed by atoms with van der Waals surface area (Å²) in [5.41, 5.74) is 1.38. The minimum atomic E-state index is 0.133. The first-order chi connectivity index (χ1) is 10.6. The predicted molar refractivity (Wildman–Crippen MR) is 93.6 cm³/mol. The summed E-state index contributed by atoms with van der Waals surface area (Å²) in [4.78, 5) is 17.3. The Morgan fingerprint density at radius 1 is 1.36 bits per heavy atom. The highest BCUT2D eigenvalue weighted by molar-refractivity contribution is 7.10. The molecule has 3 nitrogen and oxygen atoms in total. The molecule has 0 saturated heterocycles. The van der Waals surface area contributed by atoms with Crippen LogP contribution in [0.5, 0.6) is 0 Å². The lowest BCUT2D eigenvalue weighted by atomic mass is 9.98. The third kappa shape index (κ3) is 3.42. The van der Waals surface area contributed by atoms with Crippen LogP contribution in [0.15, 0.2) is 29.0 Å². The second kappa shape index (κ2) is 6.94. The van der Waals surface area contributed by atoms with E-state index < -0.39 is 0 Å². The number of hydrogen-bond acceptors (Lipinski definition) is 4. The van der Waals surface area contributed by atoms with E-state index in [-0.39, 0.29) is 11.9 Å². The summed E-state index contributed by atoms with van der Waals surface area (Å²) in [6.07, 6.45) is 1.05. The van der Waals surface area contributed by atoms with Crippen molar-refractivity contribution in [3.8, 4) is 0 Å². The van der Waals surface area contributed by atoms with Crippen molar-refractivity contribution in [1.82, 2.24) is 10.2 Å². The Kier molecular flexibility index (Phi) is 4.96. The third-order valence-electron chi connectivity index (χ3n) is 3.93. The van der Waals surface area contributed by atoms with Crippen LogP contribution in [0, 0.1) is 5.92 Å². The average molecular weight is 335 g/mol. The van der Waals surface area contributed by atoms with E-state index in [2.05, 4.69) is 53.0 Å². The largest absolute Gasteiger partial charge is 0.355 e. The van der Waals surface area contributed by atoms with Crippen molar-refractivity contribution >= 4 is 28.6 Å². The van der Waals surface area contributed by atoms with Gasteiger partial charge >= 0.3 is 0 Å². The molecule has 3 rings (SSSR count). The maximum atomic E-state index is 12.2. The smallest absolute Gasteiger partial charge is 0.234 e. The minimum Gasteiger partial charge on any atom is -0.355 e. The molecule has 0 aromatic carbocycles. The van der Waals surface area contributed by atoms with E-state index in [9.17, 15) is 4.79 Å². The van der Waals surface area contributed by atoms with E-state index in [0.717, 1.165) is 19.5 Å². The summed E-state index contributed by atoms with van der Waals surface area (Å²) in [6.45, 7) is 6.41. The molecule has 2 aromatic heterocycles. The van der Waals surface area contributed by atoms with Gasteiger partial charge in [0.15, 0.2) is 0 Å². The first-order valence-electron chi connectivity index (χ1n) is 7.75. The molecule has 22 heavy (non-hydrogen) atoms. The molecule has 1 atom stereocenters. The first kappa shape index (κ1) is 15.7. The van der Waals surface area contributed by atoms with Gasteiger partial charge < -0.3 is 5.32 Å². The van der Waals surface area contributed by atoms with Crippen LogP contribution in [0.25, 0.3) is 0 Å². The molecule has 0 bridgehead atoms. The molecular weight excluding hydrogens is 312 g/mol. The molecule has 1 amide bonds. The molecule has 1 N–H and O–H groups in total. The Morgan fingerprint density at radius 2 is 2.23 bits per heavy atom. The van der Waals surface area contributed by atoms with Gasteiger partial charge in [-0.2, -0.15) is 0 Å². The maximum absolute atomic E-state index is 12.2. The lowest BCUT2D eigenvalue weighted by Crippen LogP contribution is -2.43. The number of carbonyl (C=O) groups excluding carboxylic acids is 1. The summed E-state index contributed by atoms with van der Waals surface area (Å²) < 4.78 is 0. The zero-order chi connectivity index (χ0) is 15.5. The molecule has 0 radical (unpaired) electrons. The van der Waals surface area contributed by atoms with E-state index in [4.69, 9.17) is 0 Å². The first-order valence-corrected chi connectivity index (χ1v) is 9.51. The highest BCUT2D eigenvalue weighted by Crippen LogP contribution is 2.39. The summed E-state index contributed by atoms with van der Waals surface area (Å²) in [6, 6.07) is 6.74. The van der Waals surface area contributed by atoms with E-state index in [1.165, 1.54) is 15.3 Å². The van der Waals surface area contributed by atoms with Gasteiger partial charge in [0.05, 0.1) is 12.6 Å². The molecule has 2 aromatic rings. The van der Waals surface area contributed by atoms with Crippen molar-refractivity contribution in [1.29, 1.82) is 0 Å². The number of thiophene rings is 2. The number of amides is 1. The second-order valence-electron chi connectivity index (χ2n) is 6.14. The second-order valence-corrected chi connectivity index (χ2v) is 8.12. The highest BCUT2D eigenvalue weighted by Gasteiger charge is 2.31. The van der Waals surface area contributed by atoms with Gasteiger partial charge in [0.2, 0.25) is 5.91 Å². The topological polar surface area (TPSA) is 32.3 Å². The molecule has 0 fully saturated rings. The van der Waals surface area contributed by atoms with Gasteiger partial charge in [0.1, 0.15) is 0 Å². The van der Waals surface area contributed by atoms with Gasteiger partial charge in [-0.15, -0.1) is 22.7 Å². The molecule has 0 spiro atoms. The van der Waals surface area contributed by atoms with Crippen molar-refractivity contribution in [2.75, 3.05) is 19.6 Å². The fourth-order valence-corrected chi connectivity index (χ4v) is 4.66. The number of nitrogens with zero attached hydrogens (tertiary/aromatic N) is 1. The Hall–Kier alpha value is -1.17. The molecule has 1 aliphatic heterocycles. The van der Waals surface area contributed by atoms with E-state index in [1.807, 2.05) is 11.3 Å². The standard InChI is InChI=1S/C17H22N2OS2/c1-12(2)10-18-16(20)11-19-7-5-14-13(6-9-22-14)17(19)15-4-3-8-21-15/h3-4,6,8-9,12,17H,5,7,10-11H2,1-2H3,(H,18,20)/t17-/m0/s1. The number of rotatable bonds is 5. The van der Waals surface area contributed by atoms with Crippen LogP contribution in [0.3, 0.4) is 0 Å². The highest BCUT2D eigenvalue weighted by atomic mass is 32.1. The van der Waals surface area contributed by atoms with Crippen LogP contribution >= 0.6 is 22.7 Å². The monoisotopic (exact) mass is 334 g/mol. The summed E-state index contributed by atoms with van der Waals surface area (Å²) in [5.74, 6) is 0.621. The Bertz CT molecular complexity index is 618. The number of nitrogens with one attached hydrogen (secondary N) is 1. The van der Waals surface area contributed by atoms with Crippen molar-refractivity contribution in [2.24, 2.45) is 5.92 Å². The number of carbonyl (C=O) groups is 1.